The van der Waals surface area contributed by atoms with E-state index in [1.165, 1.54) is 0 Å². The van der Waals surface area contributed by atoms with Crippen LogP contribution in [0.5, 0.6) is 0 Å². The lowest BCUT2D eigenvalue weighted by molar-refractivity contribution is 0.102. The number of carbonyl (C=O) groups is 1. The maximum atomic E-state index is 12.3. The van der Waals surface area contributed by atoms with E-state index in [-0.39, 0.29) is 5.91 Å². The minimum absolute atomic E-state index is 0.236. The van der Waals surface area contributed by atoms with Crippen molar-refractivity contribution in [1.82, 2.24) is 9.97 Å². The summed E-state index contributed by atoms with van der Waals surface area (Å²) in [6.45, 7) is 0. The molecular formula is C19H12ClN3O2. The minimum Gasteiger partial charge on any atom is -0.436 e. The predicted octanol–water partition coefficient (Wildman–Crippen LogP) is 4.80. The van der Waals surface area contributed by atoms with Gasteiger partial charge in [-0.25, -0.2) is 4.98 Å². The summed E-state index contributed by atoms with van der Waals surface area (Å²) < 4.78 is 5.75. The Kier molecular flexibility index (Phi) is 3.91. The van der Waals surface area contributed by atoms with Crippen LogP contribution in [0.3, 0.4) is 0 Å². The van der Waals surface area contributed by atoms with E-state index in [0.717, 1.165) is 5.56 Å². The van der Waals surface area contributed by atoms with Crippen molar-refractivity contribution in [1.29, 1.82) is 0 Å². The SMILES string of the molecule is O=C(Nc1ccc2oc(-c3ccncc3)nc2c1)c1cccc(Cl)c1. The number of pyridine rings is 1. The molecule has 0 aliphatic rings. The number of carbonyl (C=O) groups excluding carboxylic acids is 1. The second kappa shape index (κ2) is 6.37. The van der Waals surface area contributed by atoms with Gasteiger partial charge < -0.3 is 9.73 Å². The fraction of sp³-hybridized carbons (Fsp3) is 0. The highest BCUT2D eigenvalue weighted by atomic mass is 35.5. The molecule has 0 bridgehead atoms. The van der Waals surface area contributed by atoms with Crippen LogP contribution >= 0.6 is 11.6 Å². The molecule has 0 unspecified atom stereocenters. The topological polar surface area (TPSA) is 68.0 Å². The standard InChI is InChI=1S/C19H12ClN3O2/c20-14-3-1-2-13(10-14)18(24)22-15-4-5-17-16(11-15)23-19(25-17)12-6-8-21-9-7-12/h1-11H,(H,22,24). The van der Waals surface area contributed by atoms with E-state index < -0.39 is 0 Å². The molecule has 0 saturated carbocycles. The smallest absolute Gasteiger partial charge is 0.255 e. The van der Waals surface area contributed by atoms with Gasteiger partial charge in [-0.1, -0.05) is 17.7 Å². The average molecular weight is 350 g/mol. The number of anilines is 1. The Morgan fingerprint density at radius 2 is 1.88 bits per heavy atom. The Morgan fingerprint density at radius 1 is 1.04 bits per heavy atom. The van der Waals surface area contributed by atoms with E-state index in [1.807, 2.05) is 12.1 Å². The molecule has 2 aromatic carbocycles. The van der Waals surface area contributed by atoms with Crippen molar-refractivity contribution in [3.05, 3.63) is 77.6 Å². The summed E-state index contributed by atoms with van der Waals surface area (Å²) in [6.07, 6.45) is 3.36. The van der Waals surface area contributed by atoms with Crippen LogP contribution in [-0.4, -0.2) is 15.9 Å². The van der Waals surface area contributed by atoms with Crippen LogP contribution < -0.4 is 5.32 Å². The Hall–Kier alpha value is -3.18. The third kappa shape index (κ3) is 3.22. The van der Waals surface area contributed by atoms with Crippen LogP contribution in [0, 0.1) is 0 Å². The highest BCUT2D eigenvalue weighted by molar-refractivity contribution is 6.31. The fourth-order valence-corrected chi connectivity index (χ4v) is 2.65. The summed E-state index contributed by atoms with van der Waals surface area (Å²) in [6, 6.07) is 15.8. The van der Waals surface area contributed by atoms with Crippen molar-refractivity contribution >= 4 is 34.3 Å². The number of nitrogens with one attached hydrogen (secondary N) is 1. The predicted molar refractivity (Wildman–Crippen MR) is 96.6 cm³/mol. The monoisotopic (exact) mass is 349 g/mol. The number of halogens is 1. The van der Waals surface area contributed by atoms with Crippen LogP contribution in [0.15, 0.2) is 71.4 Å². The maximum absolute atomic E-state index is 12.3. The van der Waals surface area contributed by atoms with Crippen LogP contribution in [0.1, 0.15) is 10.4 Å². The van der Waals surface area contributed by atoms with Crippen molar-refractivity contribution in [2.45, 2.75) is 0 Å². The molecule has 0 spiro atoms. The molecule has 4 aromatic rings. The molecule has 2 aromatic heterocycles. The second-order valence-electron chi connectivity index (χ2n) is 5.40. The number of rotatable bonds is 3. The van der Waals surface area contributed by atoms with Crippen molar-refractivity contribution in [3.63, 3.8) is 0 Å². The molecule has 0 radical (unpaired) electrons. The summed E-state index contributed by atoms with van der Waals surface area (Å²) in [5, 5.41) is 3.35. The van der Waals surface area contributed by atoms with Gasteiger partial charge in [0.1, 0.15) is 5.52 Å². The third-order valence-electron chi connectivity index (χ3n) is 3.66. The van der Waals surface area contributed by atoms with E-state index in [9.17, 15) is 4.79 Å². The number of fused-ring (bicyclic) bond motifs is 1. The number of aromatic nitrogens is 2. The molecule has 0 fully saturated rings. The quantitative estimate of drug-likeness (QED) is 0.577. The van der Waals surface area contributed by atoms with E-state index in [2.05, 4.69) is 15.3 Å². The second-order valence-corrected chi connectivity index (χ2v) is 5.84. The molecule has 1 amide bonds. The Bertz CT molecular complexity index is 1060. The van der Waals surface area contributed by atoms with Crippen LogP contribution in [0.4, 0.5) is 5.69 Å². The van der Waals surface area contributed by atoms with Gasteiger partial charge in [0.25, 0.3) is 5.91 Å². The molecule has 6 heteroatoms. The first-order chi connectivity index (χ1) is 12.2. The van der Waals surface area contributed by atoms with Gasteiger partial charge in [0.2, 0.25) is 5.89 Å². The highest BCUT2D eigenvalue weighted by Crippen LogP contribution is 2.26. The zero-order valence-corrected chi connectivity index (χ0v) is 13.7. The summed E-state index contributed by atoms with van der Waals surface area (Å²) in [5.41, 5.74) is 3.27. The van der Waals surface area contributed by atoms with Crippen molar-refractivity contribution < 1.29 is 9.21 Å². The molecule has 1 N–H and O–H groups in total. The lowest BCUT2D eigenvalue weighted by Gasteiger charge is -2.05. The van der Waals surface area contributed by atoms with Gasteiger partial charge in [0, 0.05) is 34.2 Å². The summed E-state index contributed by atoms with van der Waals surface area (Å²) in [5.74, 6) is 0.274. The molecule has 0 aliphatic carbocycles. The first kappa shape index (κ1) is 15.4. The number of benzene rings is 2. The summed E-state index contributed by atoms with van der Waals surface area (Å²) in [7, 11) is 0. The summed E-state index contributed by atoms with van der Waals surface area (Å²) >= 11 is 5.92. The fourth-order valence-electron chi connectivity index (χ4n) is 2.46. The van der Waals surface area contributed by atoms with Gasteiger partial charge in [-0.2, -0.15) is 0 Å². The first-order valence-electron chi connectivity index (χ1n) is 7.57. The van der Waals surface area contributed by atoms with Crippen molar-refractivity contribution in [2.24, 2.45) is 0 Å². The van der Waals surface area contributed by atoms with E-state index in [4.69, 9.17) is 16.0 Å². The molecule has 2 heterocycles. The molecule has 0 atom stereocenters. The Labute approximate surface area is 148 Å². The van der Waals surface area contributed by atoms with Gasteiger partial charge >= 0.3 is 0 Å². The molecule has 25 heavy (non-hydrogen) atoms. The Morgan fingerprint density at radius 3 is 2.68 bits per heavy atom. The maximum Gasteiger partial charge on any atom is 0.255 e. The zero-order valence-electron chi connectivity index (χ0n) is 12.9. The lowest BCUT2D eigenvalue weighted by atomic mass is 10.2. The van der Waals surface area contributed by atoms with Gasteiger partial charge in [0.05, 0.1) is 0 Å². The van der Waals surface area contributed by atoms with Crippen LogP contribution in [-0.2, 0) is 0 Å². The Balaban J connectivity index is 1.62. The molecule has 0 aliphatic heterocycles. The van der Waals surface area contributed by atoms with E-state index in [1.54, 1.807) is 54.9 Å². The number of oxazole rings is 1. The third-order valence-corrected chi connectivity index (χ3v) is 3.89. The molecule has 122 valence electrons. The number of amides is 1. The number of hydrogen-bond acceptors (Lipinski definition) is 4. The minimum atomic E-state index is -0.236. The lowest BCUT2D eigenvalue weighted by Crippen LogP contribution is -2.11. The summed E-state index contributed by atoms with van der Waals surface area (Å²) in [4.78, 5) is 20.8. The van der Waals surface area contributed by atoms with Crippen LogP contribution in [0.25, 0.3) is 22.6 Å². The van der Waals surface area contributed by atoms with Crippen LogP contribution in [0.2, 0.25) is 5.02 Å². The van der Waals surface area contributed by atoms with E-state index in [0.29, 0.717) is 33.3 Å². The van der Waals surface area contributed by atoms with Crippen molar-refractivity contribution in [3.8, 4) is 11.5 Å². The van der Waals surface area contributed by atoms with Gasteiger partial charge in [-0.15, -0.1) is 0 Å². The largest absolute Gasteiger partial charge is 0.436 e. The molecule has 4 rings (SSSR count). The number of hydrogen-bond donors (Lipinski definition) is 1. The first-order valence-corrected chi connectivity index (χ1v) is 7.95. The average Bonchev–Trinajstić information content (AvgIpc) is 3.06. The molecule has 5 nitrogen and oxygen atoms in total. The van der Waals surface area contributed by atoms with Gasteiger partial charge in [0.15, 0.2) is 5.58 Å². The van der Waals surface area contributed by atoms with Gasteiger partial charge in [-0.3, -0.25) is 9.78 Å². The number of nitrogens with zero attached hydrogens (tertiary/aromatic N) is 2. The highest BCUT2D eigenvalue weighted by Gasteiger charge is 2.11. The van der Waals surface area contributed by atoms with Crippen molar-refractivity contribution in [2.75, 3.05) is 5.32 Å². The van der Waals surface area contributed by atoms with Gasteiger partial charge in [-0.05, 0) is 48.5 Å². The molecular weight excluding hydrogens is 338 g/mol. The van der Waals surface area contributed by atoms with E-state index >= 15 is 0 Å². The zero-order chi connectivity index (χ0) is 17.2. The molecule has 0 saturated heterocycles. The normalized spacial score (nSPS) is 10.8.